The molecule has 0 N–H and O–H groups in total. The summed E-state index contributed by atoms with van der Waals surface area (Å²) < 4.78 is 0. The van der Waals surface area contributed by atoms with Crippen LogP contribution in [0.3, 0.4) is 0 Å². The van der Waals surface area contributed by atoms with E-state index in [2.05, 4.69) is 30.9 Å². The number of nitrogens with zero attached hydrogens (tertiary/aromatic N) is 3. The predicted octanol–water partition coefficient (Wildman–Crippen LogP) is 3.56. The van der Waals surface area contributed by atoms with Gasteiger partial charge in [0.15, 0.2) is 0 Å². The normalized spacial score (nSPS) is 27.2. The van der Waals surface area contributed by atoms with E-state index in [9.17, 15) is 10.1 Å². The summed E-state index contributed by atoms with van der Waals surface area (Å²) in [5.74, 6) is 0. The Balaban J connectivity index is 1.67. The number of non-ortho nitro benzene ring substituents is 1. The summed E-state index contributed by atoms with van der Waals surface area (Å²) in [6.07, 6.45) is 0. The number of hydrogen-bond acceptors (Lipinski definition) is 4. The molecule has 5 nitrogen and oxygen atoms in total. The van der Waals surface area contributed by atoms with E-state index < -0.39 is 0 Å². The van der Waals surface area contributed by atoms with Gasteiger partial charge in [-0.3, -0.25) is 20.0 Å². The van der Waals surface area contributed by atoms with Crippen molar-refractivity contribution < 1.29 is 4.92 Å². The third-order valence-corrected chi connectivity index (χ3v) is 4.63. The average molecular weight is 307 g/mol. The van der Waals surface area contributed by atoms with Gasteiger partial charge >= 0.3 is 0 Å². The smallest absolute Gasteiger partial charge is 0.266 e. The van der Waals surface area contributed by atoms with E-state index in [-0.39, 0.29) is 28.4 Å². The van der Waals surface area contributed by atoms with E-state index in [1.165, 1.54) is 0 Å². The van der Waals surface area contributed by atoms with Crippen molar-refractivity contribution in [3.8, 4) is 0 Å². The lowest BCUT2D eigenvalue weighted by molar-refractivity contribution is -0.384. The minimum absolute atomic E-state index is 0.130. The van der Waals surface area contributed by atoms with Gasteiger partial charge in [-0.2, -0.15) is 0 Å². The summed E-state index contributed by atoms with van der Waals surface area (Å²) in [6.45, 7) is 4.22. The average Bonchev–Trinajstić information content (AvgIpc) is 3.23. The molecule has 23 heavy (non-hydrogen) atoms. The Morgan fingerprint density at radius 1 is 1.04 bits per heavy atom. The maximum atomic E-state index is 10.8. The van der Waals surface area contributed by atoms with E-state index in [1.54, 1.807) is 12.1 Å². The highest BCUT2D eigenvalue weighted by atomic mass is 16.6. The number of aliphatic imine (C=N–C) groups is 1. The minimum atomic E-state index is -0.363. The monoisotopic (exact) mass is 307 g/mol. The molecule has 0 spiro atoms. The molecule has 2 aromatic carbocycles. The zero-order valence-electron chi connectivity index (χ0n) is 13.0. The molecular formula is C18H17N3O2. The third-order valence-electron chi connectivity index (χ3n) is 4.63. The lowest BCUT2D eigenvalue weighted by atomic mass is 10.0. The molecule has 0 bridgehead atoms. The molecule has 3 atom stereocenters. The molecule has 2 heterocycles. The van der Waals surface area contributed by atoms with Crippen LogP contribution in [-0.2, 0) is 0 Å². The van der Waals surface area contributed by atoms with E-state index >= 15 is 0 Å². The zero-order chi connectivity index (χ0) is 16.2. The summed E-state index contributed by atoms with van der Waals surface area (Å²) in [5, 5.41) is 10.8. The Labute approximate surface area is 134 Å². The van der Waals surface area contributed by atoms with Gasteiger partial charge in [0, 0.05) is 12.1 Å². The summed E-state index contributed by atoms with van der Waals surface area (Å²) in [4.78, 5) is 17.7. The van der Waals surface area contributed by atoms with E-state index in [4.69, 9.17) is 4.99 Å². The molecule has 0 saturated carbocycles. The van der Waals surface area contributed by atoms with Crippen LogP contribution in [0, 0.1) is 10.1 Å². The lowest BCUT2D eigenvalue weighted by Gasteiger charge is -2.20. The SMILES string of the molecule is CC1(C)N=C(c2ccccc2)[C@@H]2[C@@H](c3ccc([N+](=O)[O-])cc3)N21. The van der Waals surface area contributed by atoms with Crippen LogP contribution in [0.2, 0.25) is 0 Å². The molecule has 0 aromatic heterocycles. The molecule has 0 aliphatic carbocycles. The highest BCUT2D eigenvalue weighted by Crippen LogP contribution is 2.54. The summed E-state index contributed by atoms with van der Waals surface area (Å²) in [6, 6.07) is 17.6. The maximum Gasteiger partial charge on any atom is 0.269 e. The summed E-state index contributed by atoms with van der Waals surface area (Å²) in [7, 11) is 0. The van der Waals surface area contributed by atoms with Crippen molar-refractivity contribution >= 4 is 11.4 Å². The van der Waals surface area contributed by atoms with Gasteiger partial charge in [0.05, 0.1) is 22.7 Å². The number of fused-ring (bicyclic) bond motifs is 1. The third kappa shape index (κ3) is 2.16. The standard InChI is InChI=1S/C18H17N3O2/c1-18(2)19-15(12-6-4-3-5-7-12)17-16(20(17)18)13-8-10-14(11-9-13)21(22)23/h3-11,16-17H,1-2H3/t16-,17-,20?/m1/s1. The van der Waals surface area contributed by atoms with Gasteiger partial charge in [-0.15, -0.1) is 0 Å². The van der Waals surface area contributed by atoms with Crippen molar-refractivity contribution in [2.24, 2.45) is 4.99 Å². The number of rotatable bonds is 3. The van der Waals surface area contributed by atoms with Crippen molar-refractivity contribution in [1.82, 2.24) is 4.90 Å². The fourth-order valence-electron chi connectivity index (χ4n) is 3.59. The van der Waals surface area contributed by atoms with Crippen LogP contribution in [0.15, 0.2) is 59.6 Å². The van der Waals surface area contributed by atoms with E-state index in [0.29, 0.717) is 0 Å². The molecular weight excluding hydrogens is 290 g/mol. The van der Waals surface area contributed by atoms with Crippen molar-refractivity contribution in [3.63, 3.8) is 0 Å². The van der Waals surface area contributed by atoms with Crippen molar-refractivity contribution in [1.29, 1.82) is 0 Å². The van der Waals surface area contributed by atoms with Crippen LogP contribution < -0.4 is 0 Å². The first-order valence-electron chi connectivity index (χ1n) is 7.67. The lowest BCUT2D eigenvalue weighted by Crippen LogP contribution is -2.25. The van der Waals surface area contributed by atoms with E-state index in [1.807, 2.05) is 30.3 Å². The fraction of sp³-hybridized carbons (Fsp3) is 0.278. The maximum absolute atomic E-state index is 10.8. The Hall–Kier alpha value is -2.53. The van der Waals surface area contributed by atoms with Crippen LogP contribution in [0.4, 0.5) is 5.69 Å². The molecule has 2 aliphatic rings. The summed E-state index contributed by atoms with van der Waals surface area (Å²) >= 11 is 0. The molecule has 2 aromatic rings. The zero-order valence-corrected chi connectivity index (χ0v) is 13.0. The highest BCUT2D eigenvalue weighted by Gasteiger charge is 2.62. The molecule has 4 rings (SSSR count). The first kappa shape index (κ1) is 14.1. The summed E-state index contributed by atoms with van der Waals surface area (Å²) in [5.41, 5.74) is 3.25. The topological polar surface area (TPSA) is 58.5 Å². The quantitative estimate of drug-likeness (QED) is 0.495. The predicted molar refractivity (Wildman–Crippen MR) is 88.5 cm³/mol. The molecule has 5 heteroatoms. The van der Waals surface area contributed by atoms with Crippen LogP contribution in [0.25, 0.3) is 0 Å². The Morgan fingerprint density at radius 3 is 2.30 bits per heavy atom. The minimum Gasteiger partial charge on any atom is -0.266 e. The number of nitro benzene ring substituents is 1. The van der Waals surface area contributed by atoms with Gasteiger partial charge in [0.1, 0.15) is 5.66 Å². The van der Waals surface area contributed by atoms with Crippen LogP contribution in [0.5, 0.6) is 0 Å². The van der Waals surface area contributed by atoms with Crippen LogP contribution in [0.1, 0.15) is 31.0 Å². The first-order valence-corrected chi connectivity index (χ1v) is 7.67. The number of benzene rings is 2. The van der Waals surface area contributed by atoms with Gasteiger partial charge in [0.25, 0.3) is 5.69 Å². The van der Waals surface area contributed by atoms with Crippen LogP contribution >= 0.6 is 0 Å². The molecule has 1 saturated heterocycles. The number of hydrogen-bond donors (Lipinski definition) is 0. The van der Waals surface area contributed by atoms with Crippen molar-refractivity contribution in [2.75, 3.05) is 0 Å². The Kier molecular flexibility index (Phi) is 2.90. The molecule has 1 unspecified atom stereocenters. The van der Waals surface area contributed by atoms with Gasteiger partial charge in [-0.25, -0.2) is 0 Å². The van der Waals surface area contributed by atoms with Gasteiger partial charge in [-0.1, -0.05) is 42.5 Å². The van der Waals surface area contributed by atoms with Gasteiger partial charge in [0.2, 0.25) is 0 Å². The molecule has 116 valence electrons. The second-order valence-corrected chi connectivity index (χ2v) is 6.50. The second kappa shape index (κ2) is 4.73. The number of nitro groups is 1. The van der Waals surface area contributed by atoms with Gasteiger partial charge in [-0.05, 0) is 25.0 Å². The largest absolute Gasteiger partial charge is 0.269 e. The molecule has 2 aliphatic heterocycles. The first-order chi connectivity index (χ1) is 11.0. The Bertz CT molecular complexity index is 797. The van der Waals surface area contributed by atoms with Crippen molar-refractivity contribution in [3.05, 3.63) is 75.8 Å². The van der Waals surface area contributed by atoms with Gasteiger partial charge < -0.3 is 0 Å². The van der Waals surface area contributed by atoms with E-state index in [0.717, 1.165) is 16.8 Å². The second-order valence-electron chi connectivity index (χ2n) is 6.50. The Morgan fingerprint density at radius 2 is 1.70 bits per heavy atom. The van der Waals surface area contributed by atoms with Crippen molar-refractivity contribution in [2.45, 2.75) is 31.6 Å². The molecule has 0 amide bonds. The van der Waals surface area contributed by atoms with Crippen LogP contribution in [-0.4, -0.2) is 27.2 Å². The highest BCUT2D eigenvalue weighted by molar-refractivity contribution is 6.08. The fourth-order valence-corrected chi connectivity index (χ4v) is 3.59. The molecule has 0 radical (unpaired) electrons. The molecule has 1 fully saturated rings.